The van der Waals surface area contributed by atoms with E-state index in [0.717, 1.165) is 23.1 Å². The Morgan fingerprint density at radius 2 is 1.80 bits per heavy atom. The van der Waals surface area contributed by atoms with Crippen molar-refractivity contribution in [3.8, 4) is 11.5 Å². The van der Waals surface area contributed by atoms with Gasteiger partial charge in [0.1, 0.15) is 0 Å². The predicted molar refractivity (Wildman–Crippen MR) is 97.7 cm³/mol. The fourth-order valence-electron chi connectivity index (χ4n) is 2.31. The van der Waals surface area contributed by atoms with Crippen molar-refractivity contribution in [1.82, 2.24) is 0 Å². The van der Waals surface area contributed by atoms with Gasteiger partial charge in [0, 0.05) is 0 Å². The molecule has 0 aliphatic carbocycles. The average Bonchev–Trinajstić information content (AvgIpc) is 2.60. The molecule has 0 saturated carbocycles. The molecule has 0 aliphatic rings. The highest BCUT2D eigenvalue weighted by atomic mass is 16.6. The van der Waals surface area contributed by atoms with Crippen LogP contribution in [0.15, 0.2) is 54.3 Å². The molecule has 0 fully saturated rings. The number of benzene rings is 2. The normalized spacial score (nSPS) is 11.2. The highest BCUT2D eigenvalue weighted by molar-refractivity contribution is 5.72. The molecule has 0 spiro atoms. The minimum absolute atomic E-state index is 0.0262. The van der Waals surface area contributed by atoms with Crippen LogP contribution in [0.5, 0.6) is 11.5 Å². The van der Waals surface area contributed by atoms with Crippen LogP contribution in [-0.4, -0.2) is 17.7 Å². The van der Waals surface area contributed by atoms with Crippen LogP contribution in [0, 0.1) is 6.92 Å². The molecule has 1 N–H and O–H groups in total. The van der Waals surface area contributed by atoms with Crippen LogP contribution < -0.4 is 4.74 Å². The molecule has 0 saturated heterocycles. The number of esters is 1. The number of allylic oxidation sites excluding steroid dienone is 1. The van der Waals surface area contributed by atoms with Gasteiger partial charge in [0.15, 0.2) is 18.1 Å². The summed E-state index contributed by atoms with van der Waals surface area (Å²) in [4.78, 5) is 11.8. The molecule has 4 nitrogen and oxygen atoms in total. The van der Waals surface area contributed by atoms with E-state index in [1.54, 1.807) is 12.1 Å². The lowest BCUT2D eigenvalue weighted by Crippen LogP contribution is -2.12. The summed E-state index contributed by atoms with van der Waals surface area (Å²) in [6, 6.07) is 13.4. The lowest BCUT2D eigenvalue weighted by Gasteiger charge is -2.08. The Kier molecular flexibility index (Phi) is 6.63. The Labute approximate surface area is 148 Å². The molecule has 2 rings (SSSR count). The summed E-state index contributed by atoms with van der Waals surface area (Å²) in [5.74, 6) is -0.213. The monoisotopic (exact) mass is 340 g/mol. The second kappa shape index (κ2) is 8.92. The van der Waals surface area contributed by atoms with Gasteiger partial charge in [-0.25, -0.2) is 4.79 Å². The van der Waals surface area contributed by atoms with Crippen molar-refractivity contribution in [2.45, 2.75) is 33.6 Å². The van der Waals surface area contributed by atoms with Crippen LogP contribution >= 0.6 is 0 Å². The molecule has 0 bridgehead atoms. The number of rotatable bonds is 7. The predicted octanol–water partition coefficient (Wildman–Crippen LogP) is 4.33. The van der Waals surface area contributed by atoms with Gasteiger partial charge >= 0.3 is 5.97 Å². The van der Waals surface area contributed by atoms with Gasteiger partial charge in [0.2, 0.25) is 0 Å². The summed E-state index contributed by atoms with van der Waals surface area (Å²) in [5.41, 5.74) is 4.31. The maximum absolute atomic E-state index is 11.8. The number of phenolic OH excluding ortho intramolecular Hbond substituents is 1. The van der Waals surface area contributed by atoms with E-state index < -0.39 is 5.97 Å². The third-order valence-electron chi connectivity index (χ3n) is 3.77. The summed E-state index contributed by atoms with van der Waals surface area (Å²) in [6.07, 6.45) is 2.99. The largest absolute Gasteiger partial charge is 0.504 e. The van der Waals surface area contributed by atoms with Gasteiger partial charge in [-0.15, -0.1) is 0 Å². The third kappa shape index (κ3) is 5.99. The molecule has 0 radical (unpaired) electrons. The highest BCUT2D eigenvalue weighted by Crippen LogP contribution is 2.26. The standard InChI is InChI=1S/C21H24O4/c1-4-17-9-10-20(19(22)12-17)24-14-21(23)25-13-16(3)11-18-7-5-15(2)6-8-18/h5-10,12-13,22H,4,11,14H2,1-3H3/b16-13+. The molecule has 0 atom stereocenters. The Balaban J connectivity index is 1.82. The van der Waals surface area contributed by atoms with Gasteiger partial charge in [-0.1, -0.05) is 42.8 Å². The van der Waals surface area contributed by atoms with E-state index in [-0.39, 0.29) is 18.1 Å². The first-order chi connectivity index (χ1) is 12.0. The Hall–Kier alpha value is -2.75. The minimum Gasteiger partial charge on any atom is -0.504 e. The van der Waals surface area contributed by atoms with E-state index in [9.17, 15) is 9.90 Å². The van der Waals surface area contributed by atoms with Gasteiger partial charge in [0.05, 0.1) is 6.26 Å². The van der Waals surface area contributed by atoms with E-state index in [1.165, 1.54) is 11.8 Å². The summed E-state index contributed by atoms with van der Waals surface area (Å²) >= 11 is 0. The highest BCUT2D eigenvalue weighted by Gasteiger charge is 2.08. The molecule has 0 heterocycles. The molecule has 0 aliphatic heterocycles. The van der Waals surface area contributed by atoms with E-state index >= 15 is 0 Å². The van der Waals surface area contributed by atoms with Crippen molar-refractivity contribution in [1.29, 1.82) is 0 Å². The van der Waals surface area contributed by atoms with Crippen LogP contribution in [0.4, 0.5) is 0 Å². The second-order valence-electron chi connectivity index (χ2n) is 6.06. The number of hydrogen-bond acceptors (Lipinski definition) is 4. The van der Waals surface area contributed by atoms with Crippen LogP contribution in [0.2, 0.25) is 0 Å². The van der Waals surface area contributed by atoms with Crippen LogP contribution in [0.25, 0.3) is 0 Å². The first kappa shape index (κ1) is 18.6. The number of ether oxygens (including phenoxy) is 2. The van der Waals surface area contributed by atoms with Gasteiger partial charge in [-0.05, 0) is 55.5 Å². The summed E-state index contributed by atoms with van der Waals surface area (Å²) in [6.45, 7) is 5.69. The van der Waals surface area contributed by atoms with Crippen molar-refractivity contribution >= 4 is 5.97 Å². The quantitative estimate of drug-likeness (QED) is 0.602. The van der Waals surface area contributed by atoms with Crippen molar-refractivity contribution in [2.75, 3.05) is 6.61 Å². The zero-order chi connectivity index (χ0) is 18.2. The molecule has 0 unspecified atom stereocenters. The Morgan fingerprint density at radius 3 is 2.44 bits per heavy atom. The molecule has 4 heteroatoms. The second-order valence-corrected chi connectivity index (χ2v) is 6.06. The number of phenols is 1. The molecule has 2 aromatic carbocycles. The molecule has 2 aromatic rings. The van der Waals surface area contributed by atoms with Gasteiger partial charge in [-0.3, -0.25) is 0 Å². The van der Waals surface area contributed by atoms with E-state index in [1.807, 2.05) is 26.8 Å². The van der Waals surface area contributed by atoms with Crippen molar-refractivity contribution in [2.24, 2.45) is 0 Å². The molecule has 25 heavy (non-hydrogen) atoms. The summed E-state index contributed by atoms with van der Waals surface area (Å²) in [5, 5.41) is 9.85. The maximum atomic E-state index is 11.8. The fraction of sp³-hybridized carbons (Fsp3) is 0.286. The average molecular weight is 340 g/mol. The molecule has 0 amide bonds. The SMILES string of the molecule is CCc1ccc(OCC(=O)O/C=C(\C)Cc2ccc(C)cc2)c(O)c1. The molecular formula is C21H24O4. The third-order valence-corrected chi connectivity index (χ3v) is 3.77. The molecule has 0 aromatic heterocycles. The van der Waals surface area contributed by atoms with Crippen molar-refractivity contribution < 1.29 is 19.4 Å². The number of carbonyl (C=O) groups excluding carboxylic acids is 1. The van der Waals surface area contributed by atoms with Gasteiger partial charge in [-0.2, -0.15) is 0 Å². The maximum Gasteiger partial charge on any atom is 0.348 e. The minimum atomic E-state index is -0.512. The summed E-state index contributed by atoms with van der Waals surface area (Å²) in [7, 11) is 0. The molecule has 132 valence electrons. The zero-order valence-electron chi connectivity index (χ0n) is 14.9. The van der Waals surface area contributed by atoms with Crippen molar-refractivity contribution in [3.63, 3.8) is 0 Å². The van der Waals surface area contributed by atoms with Crippen LogP contribution in [0.1, 0.15) is 30.5 Å². The Bertz CT molecular complexity index is 745. The fourth-order valence-corrected chi connectivity index (χ4v) is 2.31. The zero-order valence-corrected chi connectivity index (χ0v) is 14.9. The number of aromatic hydroxyl groups is 1. The number of aryl methyl sites for hydroxylation is 2. The molecular weight excluding hydrogens is 316 g/mol. The lowest BCUT2D eigenvalue weighted by molar-refractivity contribution is -0.140. The topological polar surface area (TPSA) is 55.8 Å². The van der Waals surface area contributed by atoms with Crippen LogP contribution in [-0.2, 0) is 22.4 Å². The number of hydrogen-bond donors (Lipinski definition) is 1. The van der Waals surface area contributed by atoms with Crippen molar-refractivity contribution in [3.05, 3.63) is 71.0 Å². The van der Waals surface area contributed by atoms with E-state index in [0.29, 0.717) is 6.42 Å². The van der Waals surface area contributed by atoms with Crippen LogP contribution in [0.3, 0.4) is 0 Å². The Morgan fingerprint density at radius 1 is 1.12 bits per heavy atom. The number of carbonyl (C=O) groups is 1. The lowest BCUT2D eigenvalue weighted by atomic mass is 10.1. The van der Waals surface area contributed by atoms with E-state index in [4.69, 9.17) is 9.47 Å². The van der Waals surface area contributed by atoms with Gasteiger partial charge < -0.3 is 14.6 Å². The van der Waals surface area contributed by atoms with E-state index in [2.05, 4.69) is 24.3 Å². The van der Waals surface area contributed by atoms with Gasteiger partial charge in [0.25, 0.3) is 0 Å². The summed E-state index contributed by atoms with van der Waals surface area (Å²) < 4.78 is 10.4. The first-order valence-corrected chi connectivity index (χ1v) is 8.33. The smallest absolute Gasteiger partial charge is 0.348 e. The first-order valence-electron chi connectivity index (χ1n) is 8.33.